The molecule has 0 spiro atoms. The molecule has 0 N–H and O–H groups in total. The minimum absolute atomic E-state index is 0.152. The minimum Gasteiger partial charge on any atom is -0.484 e. The van der Waals surface area contributed by atoms with Crippen LogP contribution in [0.5, 0.6) is 5.75 Å². The first-order chi connectivity index (χ1) is 12.1. The van der Waals surface area contributed by atoms with Gasteiger partial charge in [0.05, 0.1) is 5.02 Å². The van der Waals surface area contributed by atoms with Crippen LogP contribution < -0.4 is 10.4 Å². The van der Waals surface area contributed by atoms with Crippen LogP contribution in [0.3, 0.4) is 0 Å². The lowest BCUT2D eigenvalue weighted by Gasteiger charge is -2.19. The van der Waals surface area contributed by atoms with Gasteiger partial charge in [0, 0.05) is 17.0 Å². The Labute approximate surface area is 151 Å². The molecule has 0 saturated heterocycles. The van der Waals surface area contributed by atoms with Crippen molar-refractivity contribution in [2.24, 2.45) is 0 Å². The van der Waals surface area contributed by atoms with Gasteiger partial charge in [-0.15, -0.1) is 0 Å². The number of benzene rings is 2. The molecule has 1 atom stereocenters. The molecule has 1 aromatic heterocycles. The maximum atomic E-state index is 12.3. The number of aryl methyl sites for hydroxylation is 1. The minimum atomic E-state index is -0.230. The molecule has 0 unspecified atom stereocenters. The van der Waals surface area contributed by atoms with Crippen molar-refractivity contribution < 1.29 is 9.15 Å². The molecule has 4 heteroatoms. The van der Waals surface area contributed by atoms with Gasteiger partial charge < -0.3 is 9.15 Å². The molecule has 3 aromatic rings. The molecule has 4 rings (SSSR count). The van der Waals surface area contributed by atoms with E-state index in [1.165, 1.54) is 0 Å². The molecule has 0 saturated carbocycles. The molecule has 0 fully saturated rings. The highest BCUT2D eigenvalue weighted by Gasteiger charge is 2.20. The van der Waals surface area contributed by atoms with Crippen LogP contribution in [-0.4, -0.2) is 0 Å². The van der Waals surface area contributed by atoms with Gasteiger partial charge in [-0.25, -0.2) is 4.79 Å². The summed E-state index contributed by atoms with van der Waals surface area (Å²) in [7, 11) is 0. The van der Waals surface area contributed by atoms with Crippen LogP contribution in [0.1, 0.15) is 42.6 Å². The highest BCUT2D eigenvalue weighted by Crippen LogP contribution is 2.36. The van der Waals surface area contributed by atoms with Crippen molar-refractivity contribution in [2.75, 3.05) is 0 Å². The molecular formula is C21H19ClO3. The van der Waals surface area contributed by atoms with E-state index in [1.807, 2.05) is 43.3 Å². The fourth-order valence-corrected chi connectivity index (χ4v) is 3.73. The Hall–Kier alpha value is -2.26. The molecular weight excluding hydrogens is 336 g/mol. The summed E-state index contributed by atoms with van der Waals surface area (Å²) in [5, 5.41) is 1.47. The average molecular weight is 355 g/mol. The Balaban J connectivity index is 1.76. The number of hydrogen-bond donors (Lipinski definition) is 0. The molecule has 0 bridgehead atoms. The monoisotopic (exact) mass is 354 g/mol. The van der Waals surface area contributed by atoms with Crippen molar-refractivity contribution >= 4 is 22.6 Å². The van der Waals surface area contributed by atoms with Gasteiger partial charge in [0.25, 0.3) is 0 Å². The smallest absolute Gasteiger partial charge is 0.339 e. The first kappa shape index (κ1) is 16.2. The standard InChI is InChI=1S/C21H19ClO3/c1-13(14-7-3-2-4-8-14)24-20-12-19-17(11-18(20)22)15-9-5-6-10-16(15)21(23)25-19/h2-4,7-8,11-13H,5-6,9-10H2,1H3/t13-/m0/s1. The van der Waals surface area contributed by atoms with Gasteiger partial charge in [-0.3, -0.25) is 0 Å². The second-order valence-corrected chi connectivity index (χ2v) is 6.91. The van der Waals surface area contributed by atoms with E-state index in [1.54, 1.807) is 6.07 Å². The number of halogens is 1. The molecule has 0 radical (unpaired) electrons. The average Bonchev–Trinajstić information content (AvgIpc) is 2.64. The number of rotatable bonds is 3. The first-order valence-electron chi connectivity index (χ1n) is 8.63. The Kier molecular flexibility index (Phi) is 4.26. The lowest BCUT2D eigenvalue weighted by atomic mass is 9.90. The summed E-state index contributed by atoms with van der Waals surface area (Å²) < 4.78 is 11.6. The van der Waals surface area contributed by atoms with E-state index in [4.69, 9.17) is 20.8 Å². The van der Waals surface area contributed by atoms with Gasteiger partial charge in [-0.2, -0.15) is 0 Å². The first-order valence-corrected chi connectivity index (χ1v) is 9.01. The molecule has 2 aromatic carbocycles. The predicted molar refractivity (Wildman–Crippen MR) is 99.6 cm³/mol. The van der Waals surface area contributed by atoms with Crippen molar-refractivity contribution in [2.45, 2.75) is 38.7 Å². The fraction of sp³-hybridized carbons (Fsp3) is 0.286. The third-order valence-electron chi connectivity index (χ3n) is 4.85. The Morgan fingerprint density at radius 1 is 1.08 bits per heavy atom. The van der Waals surface area contributed by atoms with Crippen molar-refractivity contribution in [3.8, 4) is 5.75 Å². The Morgan fingerprint density at radius 2 is 1.80 bits per heavy atom. The molecule has 25 heavy (non-hydrogen) atoms. The predicted octanol–water partition coefficient (Wildman–Crippen LogP) is 5.47. The third-order valence-corrected chi connectivity index (χ3v) is 5.14. The summed E-state index contributed by atoms with van der Waals surface area (Å²) in [5.41, 5.74) is 3.27. The molecule has 3 nitrogen and oxygen atoms in total. The van der Waals surface area contributed by atoms with Crippen LogP contribution in [0, 0.1) is 0 Å². The van der Waals surface area contributed by atoms with Crippen molar-refractivity contribution in [3.63, 3.8) is 0 Å². The Bertz CT molecular complexity index is 976. The van der Waals surface area contributed by atoms with E-state index >= 15 is 0 Å². The second-order valence-electron chi connectivity index (χ2n) is 6.50. The van der Waals surface area contributed by atoms with Gasteiger partial charge in [0.15, 0.2) is 0 Å². The summed E-state index contributed by atoms with van der Waals surface area (Å²) >= 11 is 6.47. The van der Waals surface area contributed by atoms with Crippen molar-refractivity contribution in [3.05, 3.63) is 74.6 Å². The highest BCUT2D eigenvalue weighted by atomic mass is 35.5. The van der Waals surface area contributed by atoms with E-state index in [-0.39, 0.29) is 11.7 Å². The topological polar surface area (TPSA) is 39.4 Å². The highest BCUT2D eigenvalue weighted by molar-refractivity contribution is 6.32. The zero-order chi connectivity index (χ0) is 17.4. The number of ether oxygens (including phenoxy) is 1. The maximum Gasteiger partial charge on any atom is 0.339 e. The van der Waals surface area contributed by atoms with Crippen LogP contribution in [0.15, 0.2) is 51.7 Å². The van der Waals surface area contributed by atoms with E-state index in [0.717, 1.165) is 47.8 Å². The van der Waals surface area contributed by atoms with Crippen LogP contribution in [0.4, 0.5) is 0 Å². The van der Waals surface area contributed by atoms with Crippen molar-refractivity contribution in [1.82, 2.24) is 0 Å². The van der Waals surface area contributed by atoms with Gasteiger partial charge >= 0.3 is 5.63 Å². The van der Waals surface area contributed by atoms with E-state index < -0.39 is 0 Å². The van der Waals surface area contributed by atoms with Crippen molar-refractivity contribution in [1.29, 1.82) is 0 Å². The Morgan fingerprint density at radius 3 is 2.56 bits per heavy atom. The maximum absolute atomic E-state index is 12.3. The van der Waals surface area contributed by atoms with Gasteiger partial charge in [0.1, 0.15) is 17.4 Å². The molecule has 0 amide bonds. The second kappa shape index (κ2) is 6.57. The third kappa shape index (κ3) is 3.05. The largest absolute Gasteiger partial charge is 0.484 e. The van der Waals surface area contributed by atoms with Crippen LogP contribution in [0.2, 0.25) is 5.02 Å². The van der Waals surface area contributed by atoms with Gasteiger partial charge in [0.2, 0.25) is 0 Å². The van der Waals surface area contributed by atoms with E-state index in [0.29, 0.717) is 16.4 Å². The number of fused-ring (bicyclic) bond motifs is 3. The summed E-state index contributed by atoms with van der Waals surface area (Å²) in [6.07, 6.45) is 3.66. The molecule has 1 aliphatic rings. The fourth-order valence-electron chi connectivity index (χ4n) is 3.52. The summed E-state index contributed by atoms with van der Waals surface area (Å²) in [6.45, 7) is 1.97. The SMILES string of the molecule is C[C@H](Oc1cc2oc(=O)c3c(c2cc1Cl)CCCC3)c1ccccc1. The van der Waals surface area contributed by atoms with Crippen LogP contribution in [0.25, 0.3) is 11.0 Å². The van der Waals surface area contributed by atoms with Gasteiger partial charge in [-0.05, 0) is 49.8 Å². The molecule has 0 aliphatic heterocycles. The summed E-state index contributed by atoms with van der Waals surface area (Å²) in [5.74, 6) is 0.532. The summed E-state index contributed by atoms with van der Waals surface area (Å²) in [6, 6.07) is 13.6. The molecule has 128 valence electrons. The quantitative estimate of drug-likeness (QED) is 0.586. The lowest BCUT2D eigenvalue weighted by molar-refractivity contribution is 0.227. The zero-order valence-corrected chi connectivity index (χ0v) is 14.8. The van der Waals surface area contributed by atoms with E-state index in [2.05, 4.69) is 0 Å². The van der Waals surface area contributed by atoms with Crippen LogP contribution >= 0.6 is 11.6 Å². The molecule has 1 heterocycles. The van der Waals surface area contributed by atoms with Gasteiger partial charge in [-0.1, -0.05) is 41.9 Å². The summed E-state index contributed by atoms with van der Waals surface area (Å²) in [4.78, 5) is 12.3. The molecule has 1 aliphatic carbocycles. The lowest BCUT2D eigenvalue weighted by Crippen LogP contribution is -2.15. The van der Waals surface area contributed by atoms with Crippen LogP contribution in [-0.2, 0) is 12.8 Å². The van der Waals surface area contributed by atoms with E-state index in [9.17, 15) is 4.79 Å². The normalized spacial score (nSPS) is 15.0. The number of hydrogen-bond acceptors (Lipinski definition) is 3. The zero-order valence-electron chi connectivity index (χ0n) is 14.0.